The second-order valence-electron chi connectivity index (χ2n) is 8.51. The van der Waals surface area contributed by atoms with Crippen molar-refractivity contribution in [2.24, 2.45) is 0 Å². The van der Waals surface area contributed by atoms with Crippen LogP contribution < -0.4 is 16.0 Å². The number of aromatic hydroxyl groups is 1. The number of hydrogen-bond acceptors (Lipinski definition) is 8. The number of carboxylic acids is 1. The highest BCUT2D eigenvalue weighted by atomic mass is 16.6. The lowest BCUT2D eigenvalue weighted by Crippen LogP contribution is -2.56. The van der Waals surface area contributed by atoms with Crippen molar-refractivity contribution in [2.75, 3.05) is 11.6 Å². The van der Waals surface area contributed by atoms with Crippen molar-refractivity contribution in [3.63, 3.8) is 0 Å². The van der Waals surface area contributed by atoms with Gasteiger partial charge in [0.25, 0.3) is 0 Å². The summed E-state index contributed by atoms with van der Waals surface area (Å²) in [5.41, 5.74) is -1.63. The van der Waals surface area contributed by atoms with Crippen LogP contribution in [-0.4, -0.2) is 62.0 Å². The number of esters is 1. The fourth-order valence-corrected chi connectivity index (χ4v) is 2.94. The quantitative estimate of drug-likeness (QED) is 0.365. The Bertz CT molecular complexity index is 1130. The highest BCUT2D eigenvalue weighted by Crippen LogP contribution is 2.15. The van der Waals surface area contributed by atoms with Crippen LogP contribution in [0.15, 0.2) is 35.1 Å². The first-order valence-corrected chi connectivity index (χ1v) is 10.5. The molecule has 1 aromatic carbocycles. The molecule has 0 aliphatic heterocycles. The Kier molecular flexibility index (Phi) is 8.65. The number of hydrogen-bond donors (Lipinski definition) is 4. The van der Waals surface area contributed by atoms with Crippen LogP contribution in [0.4, 0.5) is 4.79 Å². The van der Waals surface area contributed by atoms with Crippen molar-refractivity contribution in [1.82, 2.24) is 15.0 Å². The van der Waals surface area contributed by atoms with E-state index in [1.807, 2.05) is 0 Å². The number of carboxylic acid groups (broad SMARTS) is 1. The zero-order valence-electron chi connectivity index (χ0n) is 19.7. The van der Waals surface area contributed by atoms with E-state index in [0.29, 0.717) is 15.2 Å². The Morgan fingerprint density at radius 2 is 1.80 bits per heavy atom. The molecule has 2 aromatic rings. The molecular weight excluding hydrogens is 464 g/mol. The monoisotopic (exact) mass is 492 g/mol. The van der Waals surface area contributed by atoms with E-state index >= 15 is 0 Å². The Hall–Kier alpha value is -4.29. The standard InChI is InChI=1S/C22H28N4O9/c1-13(27)25(26-18(30)15(10-17(28)29)23-20(26)32)11-16(19(31)35-22(2,3)4)24-21(33)34-12-14-8-6-5-7-9-14/h5-9,16,30H,10-12H2,1-4H3,(H,23,32)(H,24,33)(H,28,29)/t16-/m0/s1. The van der Waals surface area contributed by atoms with E-state index in [-0.39, 0.29) is 12.3 Å². The van der Waals surface area contributed by atoms with Gasteiger partial charge in [0.1, 0.15) is 18.2 Å². The molecular formula is C22H28N4O9. The molecule has 0 aliphatic carbocycles. The molecule has 190 valence electrons. The summed E-state index contributed by atoms with van der Waals surface area (Å²) in [5, 5.41) is 22.3. The van der Waals surface area contributed by atoms with E-state index in [2.05, 4.69) is 10.3 Å². The molecule has 0 saturated heterocycles. The second-order valence-corrected chi connectivity index (χ2v) is 8.51. The average molecular weight is 492 g/mol. The number of rotatable bonds is 9. The second kappa shape index (κ2) is 11.2. The third kappa shape index (κ3) is 7.91. The van der Waals surface area contributed by atoms with Gasteiger partial charge in [-0.05, 0) is 26.3 Å². The molecule has 1 aromatic heterocycles. The minimum absolute atomic E-state index is 0.0965. The normalized spacial score (nSPS) is 11.9. The van der Waals surface area contributed by atoms with Gasteiger partial charge in [-0.25, -0.2) is 19.4 Å². The SMILES string of the molecule is CC(=O)N(C[C@H](NC(=O)OCc1ccccc1)C(=O)OC(C)(C)C)n1c(O)c(CC(=O)O)[nH]c1=O. The molecule has 13 heteroatoms. The van der Waals surface area contributed by atoms with Crippen LogP contribution in [0.5, 0.6) is 5.88 Å². The number of aromatic nitrogens is 2. The number of benzene rings is 1. The van der Waals surface area contributed by atoms with Crippen molar-refractivity contribution >= 4 is 23.9 Å². The molecule has 0 unspecified atom stereocenters. The predicted octanol–water partition coefficient (Wildman–Crippen LogP) is 0.630. The molecule has 0 bridgehead atoms. The molecule has 0 radical (unpaired) electrons. The van der Waals surface area contributed by atoms with Gasteiger partial charge in [0.15, 0.2) is 0 Å². The van der Waals surface area contributed by atoms with Gasteiger partial charge in [0.2, 0.25) is 11.8 Å². The molecule has 2 amide bonds. The Morgan fingerprint density at radius 1 is 1.17 bits per heavy atom. The van der Waals surface area contributed by atoms with Gasteiger partial charge in [0.05, 0.1) is 18.7 Å². The fourth-order valence-electron chi connectivity index (χ4n) is 2.94. The lowest BCUT2D eigenvalue weighted by molar-refractivity contribution is -0.157. The maximum absolute atomic E-state index is 12.8. The van der Waals surface area contributed by atoms with Gasteiger partial charge in [-0.3, -0.25) is 9.59 Å². The van der Waals surface area contributed by atoms with Gasteiger partial charge >= 0.3 is 23.7 Å². The van der Waals surface area contributed by atoms with Gasteiger partial charge in [-0.15, -0.1) is 0 Å². The Morgan fingerprint density at radius 3 is 2.34 bits per heavy atom. The van der Waals surface area contributed by atoms with Crippen LogP contribution in [0.2, 0.25) is 0 Å². The number of nitrogens with one attached hydrogen (secondary N) is 2. The van der Waals surface area contributed by atoms with Crippen molar-refractivity contribution in [3.8, 4) is 5.88 Å². The smallest absolute Gasteiger partial charge is 0.408 e. The van der Waals surface area contributed by atoms with Gasteiger partial charge in [-0.2, -0.15) is 4.68 Å². The molecule has 0 fully saturated rings. The first-order chi connectivity index (χ1) is 16.3. The molecule has 4 N–H and O–H groups in total. The zero-order valence-corrected chi connectivity index (χ0v) is 19.7. The van der Waals surface area contributed by atoms with Crippen LogP contribution in [0, 0.1) is 0 Å². The van der Waals surface area contributed by atoms with E-state index < -0.39 is 60.1 Å². The number of H-pyrrole nitrogens is 1. The van der Waals surface area contributed by atoms with Crippen LogP contribution in [0.3, 0.4) is 0 Å². The summed E-state index contributed by atoms with van der Waals surface area (Å²) in [4.78, 5) is 63.1. The third-order valence-corrected chi connectivity index (χ3v) is 4.41. The number of carbonyl (C=O) groups is 4. The summed E-state index contributed by atoms with van der Waals surface area (Å²) < 4.78 is 10.9. The lowest BCUT2D eigenvalue weighted by atomic mass is 10.2. The van der Waals surface area contributed by atoms with Crippen molar-refractivity contribution in [2.45, 2.75) is 52.4 Å². The van der Waals surface area contributed by atoms with Crippen LogP contribution in [0.1, 0.15) is 39.0 Å². The molecule has 1 heterocycles. The van der Waals surface area contributed by atoms with Crippen molar-refractivity contribution < 1.29 is 38.9 Å². The number of aliphatic carboxylic acids is 1. The minimum atomic E-state index is -1.51. The molecule has 0 saturated carbocycles. The molecule has 0 aliphatic rings. The third-order valence-electron chi connectivity index (χ3n) is 4.41. The van der Waals surface area contributed by atoms with E-state index in [1.165, 1.54) is 0 Å². The van der Waals surface area contributed by atoms with Gasteiger partial charge in [0, 0.05) is 6.92 Å². The minimum Gasteiger partial charge on any atom is -0.492 e. The summed E-state index contributed by atoms with van der Waals surface area (Å²) in [6.45, 7) is 5.11. The highest BCUT2D eigenvalue weighted by Gasteiger charge is 2.32. The molecule has 2 rings (SSSR count). The number of carbonyl (C=O) groups excluding carboxylic acids is 3. The zero-order chi connectivity index (χ0) is 26.3. The summed E-state index contributed by atoms with van der Waals surface area (Å²) >= 11 is 0. The highest BCUT2D eigenvalue weighted by molar-refractivity contribution is 5.87. The maximum Gasteiger partial charge on any atom is 0.408 e. The Labute approximate surface area is 200 Å². The summed E-state index contributed by atoms with van der Waals surface area (Å²) in [5.74, 6) is -3.90. The Balaban J connectivity index is 2.30. The van der Waals surface area contributed by atoms with Crippen molar-refractivity contribution in [3.05, 3.63) is 52.1 Å². The molecule has 0 spiro atoms. The first-order valence-electron chi connectivity index (χ1n) is 10.5. The van der Waals surface area contributed by atoms with E-state index in [9.17, 15) is 29.1 Å². The number of imidazole rings is 1. The maximum atomic E-state index is 12.8. The topological polar surface area (TPSA) is 180 Å². The van der Waals surface area contributed by atoms with Crippen LogP contribution >= 0.6 is 0 Å². The number of aromatic amines is 1. The summed E-state index contributed by atoms with van der Waals surface area (Å²) in [6.07, 6.45) is -1.72. The number of ether oxygens (including phenoxy) is 2. The number of nitrogens with zero attached hydrogens (tertiary/aromatic N) is 2. The molecule has 13 nitrogen and oxygen atoms in total. The number of amides is 2. The molecule has 1 atom stereocenters. The summed E-state index contributed by atoms with van der Waals surface area (Å²) in [6, 6.07) is 7.25. The first kappa shape index (κ1) is 27.0. The molecule has 35 heavy (non-hydrogen) atoms. The van der Waals surface area contributed by atoms with Gasteiger partial charge < -0.3 is 30.0 Å². The van der Waals surface area contributed by atoms with Crippen LogP contribution in [-0.2, 0) is 36.9 Å². The van der Waals surface area contributed by atoms with E-state index in [4.69, 9.17) is 14.6 Å². The lowest BCUT2D eigenvalue weighted by Gasteiger charge is -2.28. The average Bonchev–Trinajstić information content (AvgIpc) is 3.01. The van der Waals surface area contributed by atoms with Crippen molar-refractivity contribution in [1.29, 1.82) is 0 Å². The summed E-state index contributed by atoms with van der Waals surface area (Å²) in [7, 11) is 0. The number of alkyl carbamates (subject to hydrolysis) is 1. The fraction of sp³-hybridized carbons (Fsp3) is 0.409. The predicted molar refractivity (Wildman–Crippen MR) is 121 cm³/mol. The largest absolute Gasteiger partial charge is 0.492 e. The van der Waals surface area contributed by atoms with E-state index in [1.54, 1.807) is 51.1 Å². The van der Waals surface area contributed by atoms with E-state index in [0.717, 1.165) is 6.92 Å². The van der Waals surface area contributed by atoms with Gasteiger partial charge in [-0.1, -0.05) is 30.3 Å². The van der Waals surface area contributed by atoms with Crippen LogP contribution in [0.25, 0.3) is 0 Å².